The number of aryl methyl sites for hydroxylation is 1. The number of carbonyl (C=O) groups is 2. The predicted octanol–water partition coefficient (Wildman–Crippen LogP) is 4.51. The molecule has 2 aromatic rings. The van der Waals surface area contributed by atoms with Gasteiger partial charge >= 0.3 is 6.03 Å². The van der Waals surface area contributed by atoms with Gasteiger partial charge in [0.15, 0.2) is 0 Å². The summed E-state index contributed by atoms with van der Waals surface area (Å²) >= 11 is 0. The lowest BCUT2D eigenvalue weighted by Gasteiger charge is -2.32. The molecular weight excluding hydrogens is 350 g/mol. The van der Waals surface area contributed by atoms with Crippen molar-refractivity contribution in [2.45, 2.75) is 39.2 Å². The van der Waals surface area contributed by atoms with Crippen LogP contribution in [0.3, 0.4) is 0 Å². The average Bonchev–Trinajstić information content (AvgIpc) is 2.73. The van der Waals surface area contributed by atoms with E-state index in [-0.39, 0.29) is 23.9 Å². The van der Waals surface area contributed by atoms with E-state index < -0.39 is 0 Å². The molecule has 28 heavy (non-hydrogen) atoms. The highest BCUT2D eigenvalue weighted by atomic mass is 16.2. The monoisotopic (exact) mass is 379 g/mol. The van der Waals surface area contributed by atoms with Gasteiger partial charge in [0.25, 0.3) is 0 Å². The van der Waals surface area contributed by atoms with Crippen LogP contribution in [0.25, 0.3) is 0 Å². The fourth-order valence-electron chi connectivity index (χ4n) is 3.58. The summed E-state index contributed by atoms with van der Waals surface area (Å²) in [5, 5.41) is 6.11. The van der Waals surface area contributed by atoms with Crippen LogP contribution in [0, 0.1) is 12.8 Å². The Morgan fingerprint density at radius 1 is 1.04 bits per heavy atom. The van der Waals surface area contributed by atoms with E-state index in [9.17, 15) is 9.59 Å². The highest BCUT2D eigenvalue weighted by molar-refractivity contribution is 5.89. The maximum absolute atomic E-state index is 12.7. The number of nitrogens with one attached hydrogen (secondary N) is 2. The Hall–Kier alpha value is -2.82. The molecule has 0 spiro atoms. The van der Waals surface area contributed by atoms with Crippen molar-refractivity contribution in [2.24, 2.45) is 5.92 Å². The average molecular weight is 380 g/mol. The van der Waals surface area contributed by atoms with Crippen molar-refractivity contribution in [1.82, 2.24) is 10.2 Å². The minimum atomic E-state index is -0.101. The molecule has 5 nitrogen and oxygen atoms in total. The Morgan fingerprint density at radius 2 is 1.68 bits per heavy atom. The van der Waals surface area contributed by atoms with Crippen LogP contribution in [-0.4, -0.2) is 29.9 Å². The largest absolute Gasteiger partial charge is 0.349 e. The van der Waals surface area contributed by atoms with E-state index in [2.05, 4.69) is 48.7 Å². The SMILES string of the molecule is CCC(NC(=O)C1CCN(C(=O)Nc2ccccc2)CC1)c1ccc(C)cc1. The van der Waals surface area contributed by atoms with Crippen molar-refractivity contribution >= 4 is 17.6 Å². The van der Waals surface area contributed by atoms with Gasteiger partial charge < -0.3 is 15.5 Å². The highest BCUT2D eigenvalue weighted by Crippen LogP contribution is 2.22. The molecule has 0 aliphatic carbocycles. The highest BCUT2D eigenvalue weighted by Gasteiger charge is 2.28. The van der Waals surface area contributed by atoms with E-state index in [0.717, 1.165) is 17.7 Å². The standard InChI is InChI=1S/C23H29N3O2/c1-3-21(18-11-9-17(2)10-12-18)25-22(27)19-13-15-26(16-14-19)23(28)24-20-7-5-4-6-8-20/h4-12,19,21H,3,13-16H2,1-2H3,(H,24,28)(H,25,27). The van der Waals surface area contributed by atoms with Gasteiger partial charge in [-0.15, -0.1) is 0 Å². The summed E-state index contributed by atoms with van der Waals surface area (Å²) < 4.78 is 0. The van der Waals surface area contributed by atoms with Crippen molar-refractivity contribution in [3.05, 3.63) is 65.7 Å². The summed E-state index contributed by atoms with van der Waals surface area (Å²) in [6, 6.07) is 17.7. The van der Waals surface area contributed by atoms with Crippen LogP contribution in [0.15, 0.2) is 54.6 Å². The molecule has 5 heteroatoms. The molecule has 1 heterocycles. The number of carbonyl (C=O) groups excluding carboxylic acids is 2. The smallest absolute Gasteiger partial charge is 0.321 e. The number of amides is 3. The first-order chi connectivity index (χ1) is 13.6. The second-order valence-corrected chi connectivity index (χ2v) is 7.44. The topological polar surface area (TPSA) is 61.4 Å². The number of urea groups is 1. The third-order valence-corrected chi connectivity index (χ3v) is 5.38. The van der Waals surface area contributed by atoms with Crippen LogP contribution >= 0.6 is 0 Å². The number of hydrogen-bond acceptors (Lipinski definition) is 2. The van der Waals surface area contributed by atoms with Gasteiger partial charge in [0, 0.05) is 24.7 Å². The van der Waals surface area contributed by atoms with Gasteiger partial charge in [-0.1, -0.05) is 55.0 Å². The summed E-state index contributed by atoms with van der Waals surface area (Å²) in [7, 11) is 0. The summed E-state index contributed by atoms with van der Waals surface area (Å²) in [6.07, 6.45) is 2.24. The van der Waals surface area contributed by atoms with Crippen molar-refractivity contribution in [3.8, 4) is 0 Å². The van der Waals surface area contributed by atoms with Gasteiger partial charge in [-0.05, 0) is 43.9 Å². The minimum absolute atomic E-state index is 0.0347. The summed E-state index contributed by atoms with van der Waals surface area (Å²) in [4.78, 5) is 26.9. The zero-order chi connectivity index (χ0) is 19.9. The van der Waals surface area contributed by atoms with E-state index in [4.69, 9.17) is 0 Å². The molecule has 2 aromatic carbocycles. The van der Waals surface area contributed by atoms with E-state index >= 15 is 0 Å². The molecule has 1 saturated heterocycles. The van der Waals surface area contributed by atoms with Gasteiger partial charge in [-0.25, -0.2) is 4.79 Å². The molecule has 1 fully saturated rings. The molecule has 148 valence electrons. The number of piperidine rings is 1. The molecule has 0 aromatic heterocycles. The Bertz CT molecular complexity index is 781. The minimum Gasteiger partial charge on any atom is -0.349 e. The molecule has 0 bridgehead atoms. The third-order valence-electron chi connectivity index (χ3n) is 5.38. The van der Waals surface area contributed by atoms with E-state index in [1.54, 1.807) is 4.90 Å². The molecule has 1 aliphatic heterocycles. The maximum Gasteiger partial charge on any atom is 0.321 e. The Kier molecular flexibility index (Phi) is 6.69. The van der Waals surface area contributed by atoms with Gasteiger partial charge in [-0.3, -0.25) is 4.79 Å². The lowest BCUT2D eigenvalue weighted by Crippen LogP contribution is -2.45. The lowest BCUT2D eigenvalue weighted by molar-refractivity contribution is -0.127. The number of benzene rings is 2. The molecular formula is C23H29N3O2. The molecule has 3 amide bonds. The Balaban J connectivity index is 1.50. The normalized spacial score (nSPS) is 15.7. The number of hydrogen-bond donors (Lipinski definition) is 2. The Morgan fingerprint density at radius 3 is 2.29 bits per heavy atom. The molecule has 1 unspecified atom stereocenters. The fourth-order valence-corrected chi connectivity index (χ4v) is 3.58. The number of rotatable bonds is 5. The quantitative estimate of drug-likeness (QED) is 0.803. The van der Waals surface area contributed by atoms with Crippen molar-refractivity contribution in [2.75, 3.05) is 18.4 Å². The molecule has 0 saturated carbocycles. The number of anilines is 1. The zero-order valence-corrected chi connectivity index (χ0v) is 16.7. The predicted molar refractivity (Wildman–Crippen MR) is 112 cm³/mol. The van der Waals surface area contributed by atoms with Gasteiger partial charge in [0.1, 0.15) is 0 Å². The lowest BCUT2D eigenvalue weighted by atomic mass is 9.94. The fraction of sp³-hybridized carbons (Fsp3) is 0.391. The van der Waals surface area contributed by atoms with Crippen molar-refractivity contribution in [3.63, 3.8) is 0 Å². The van der Waals surface area contributed by atoms with Crippen LogP contribution in [-0.2, 0) is 4.79 Å². The third kappa shape index (κ3) is 5.12. The number of para-hydroxylation sites is 1. The second kappa shape index (κ2) is 9.40. The first kappa shape index (κ1) is 19.9. The molecule has 0 radical (unpaired) electrons. The maximum atomic E-state index is 12.7. The molecule has 3 rings (SSSR count). The summed E-state index contributed by atoms with van der Waals surface area (Å²) in [5.74, 6) is 0.0517. The van der Waals surface area contributed by atoms with E-state index in [1.165, 1.54) is 5.56 Å². The number of nitrogens with zero attached hydrogens (tertiary/aromatic N) is 1. The number of likely N-dealkylation sites (tertiary alicyclic amines) is 1. The summed E-state index contributed by atoms with van der Waals surface area (Å²) in [6.45, 7) is 5.34. The molecule has 1 atom stereocenters. The zero-order valence-electron chi connectivity index (χ0n) is 16.7. The van der Waals surface area contributed by atoms with Crippen LogP contribution < -0.4 is 10.6 Å². The summed E-state index contributed by atoms with van der Waals surface area (Å²) in [5.41, 5.74) is 3.14. The van der Waals surface area contributed by atoms with Crippen LogP contribution in [0.1, 0.15) is 43.4 Å². The van der Waals surface area contributed by atoms with Crippen molar-refractivity contribution < 1.29 is 9.59 Å². The Labute approximate surface area is 167 Å². The molecule has 1 aliphatic rings. The first-order valence-electron chi connectivity index (χ1n) is 10.0. The van der Waals surface area contributed by atoms with Crippen LogP contribution in [0.2, 0.25) is 0 Å². The van der Waals surface area contributed by atoms with Gasteiger partial charge in [0.05, 0.1) is 6.04 Å². The van der Waals surface area contributed by atoms with Gasteiger partial charge in [0.2, 0.25) is 5.91 Å². The molecule has 2 N–H and O–H groups in total. The van der Waals surface area contributed by atoms with Crippen molar-refractivity contribution in [1.29, 1.82) is 0 Å². The second-order valence-electron chi connectivity index (χ2n) is 7.44. The van der Waals surface area contributed by atoms with Crippen LogP contribution in [0.4, 0.5) is 10.5 Å². The first-order valence-corrected chi connectivity index (χ1v) is 10.0. The van der Waals surface area contributed by atoms with Crippen LogP contribution in [0.5, 0.6) is 0 Å². The van der Waals surface area contributed by atoms with Gasteiger partial charge in [-0.2, -0.15) is 0 Å². The van der Waals surface area contributed by atoms with E-state index in [1.807, 2.05) is 30.3 Å². The van der Waals surface area contributed by atoms with E-state index in [0.29, 0.717) is 25.9 Å².